The smallest absolute Gasteiger partial charge is 0.408 e. The lowest BCUT2D eigenvalue weighted by molar-refractivity contribution is -0.271. The standard InChI is InChI=1S/C30H42ClNO4S.C2H6OSi/c1-27(2,3)22-12-9-13-23(17-22)37-24-15-14-21(25(31)18-24)11-10-16-30(19-34-29(7,8)35-20-30)32-26(33)36-28(4,5)6;1-4(2)3/h9,12-15,17-18H,10-11,16,19-20H2,1-8H3,(H,32,33);1-2H3. The van der Waals surface area contributed by atoms with Gasteiger partial charge in [-0.05, 0) is 108 Å². The molecule has 0 radical (unpaired) electrons. The molecule has 0 saturated carbocycles. The van der Waals surface area contributed by atoms with Gasteiger partial charge in [0.05, 0.1) is 18.8 Å². The van der Waals surface area contributed by atoms with Gasteiger partial charge in [0.1, 0.15) is 5.60 Å². The second-order valence-corrected chi connectivity index (χ2v) is 16.6. The molecule has 41 heavy (non-hydrogen) atoms. The van der Waals surface area contributed by atoms with Crippen LogP contribution in [0.15, 0.2) is 52.3 Å². The van der Waals surface area contributed by atoms with E-state index < -0.39 is 31.7 Å². The molecule has 1 amide bonds. The van der Waals surface area contributed by atoms with Gasteiger partial charge in [-0.2, -0.15) is 0 Å². The summed E-state index contributed by atoms with van der Waals surface area (Å²) in [4.78, 5) is 14.9. The van der Waals surface area contributed by atoms with E-state index in [-0.39, 0.29) is 5.41 Å². The summed E-state index contributed by atoms with van der Waals surface area (Å²) < 4.78 is 27.0. The number of halogens is 1. The molecule has 0 unspecified atom stereocenters. The molecule has 0 spiro atoms. The summed E-state index contributed by atoms with van der Waals surface area (Å²) in [6.07, 6.45) is 1.80. The van der Waals surface area contributed by atoms with Gasteiger partial charge in [0, 0.05) is 14.8 Å². The lowest BCUT2D eigenvalue weighted by atomic mass is 9.87. The molecule has 6 nitrogen and oxygen atoms in total. The largest absolute Gasteiger partial charge is 0.444 e. The van der Waals surface area contributed by atoms with Gasteiger partial charge in [-0.25, -0.2) is 4.79 Å². The third-order valence-electron chi connectivity index (χ3n) is 6.22. The van der Waals surface area contributed by atoms with Crippen LogP contribution in [0.25, 0.3) is 0 Å². The molecule has 1 fully saturated rings. The highest BCUT2D eigenvalue weighted by molar-refractivity contribution is 7.99. The fourth-order valence-corrected chi connectivity index (χ4v) is 5.34. The number of alkyl carbamates (subject to hydrolysis) is 1. The van der Waals surface area contributed by atoms with Gasteiger partial charge >= 0.3 is 6.09 Å². The molecule has 3 rings (SSSR count). The van der Waals surface area contributed by atoms with Gasteiger partial charge in [-0.3, -0.25) is 0 Å². The van der Waals surface area contributed by atoms with E-state index in [1.165, 1.54) is 10.5 Å². The minimum Gasteiger partial charge on any atom is -0.444 e. The van der Waals surface area contributed by atoms with Crippen LogP contribution < -0.4 is 5.32 Å². The zero-order valence-corrected chi connectivity index (χ0v) is 29.0. The molecule has 9 heteroatoms. The van der Waals surface area contributed by atoms with Crippen LogP contribution in [0.5, 0.6) is 0 Å². The Morgan fingerprint density at radius 3 is 2.15 bits per heavy atom. The number of benzene rings is 2. The fourth-order valence-electron chi connectivity index (χ4n) is 4.08. The molecule has 1 aliphatic heterocycles. The summed E-state index contributed by atoms with van der Waals surface area (Å²) in [5.41, 5.74) is 1.27. The first-order valence-electron chi connectivity index (χ1n) is 14.1. The van der Waals surface area contributed by atoms with E-state index in [4.69, 9.17) is 25.8 Å². The van der Waals surface area contributed by atoms with Crippen molar-refractivity contribution in [2.75, 3.05) is 13.2 Å². The van der Waals surface area contributed by atoms with Gasteiger partial charge in [-0.15, -0.1) is 0 Å². The van der Waals surface area contributed by atoms with Crippen LogP contribution in [0.2, 0.25) is 18.1 Å². The molecule has 2 aromatic rings. The van der Waals surface area contributed by atoms with E-state index in [1.807, 2.05) is 40.7 Å². The Bertz CT molecular complexity index is 1180. The van der Waals surface area contributed by atoms with Crippen LogP contribution in [0, 0.1) is 0 Å². The van der Waals surface area contributed by atoms with Crippen molar-refractivity contribution in [3.63, 3.8) is 0 Å². The van der Waals surface area contributed by atoms with Crippen molar-refractivity contribution in [3.8, 4) is 0 Å². The maximum absolute atomic E-state index is 12.6. The summed E-state index contributed by atoms with van der Waals surface area (Å²) in [5, 5.41) is 3.78. The minimum atomic E-state index is -1.13. The van der Waals surface area contributed by atoms with Gasteiger partial charge in [-0.1, -0.05) is 62.3 Å². The maximum Gasteiger partial charge on any atom is 0.408 e. The molecule has 1 saturated heterocycles. The quantitative estimate of drug-likeness (QED) is 0.311. The van der Waals surface area contributed by atoms with Crippen LogP contribution in [-0.4, -0.2) is 44.9 Å². The summed E-state index contributed by atoms with van der Waals surface area (Å²) >= 11 is 8.42. The number of hydrogen-bond donors (Lipinski definition) is 1. The highest BCUT2D eigenvalue weighted by atomic mass is 35.5. The fraction of sp³-hybridized carbons (Fsp3) is 0.594. The average Bonchev–Trinajstić information content (AvgIpc) is 2.81. The minimum absolute atomic E-state index is 0.109. The lowest BCUT2D eigenvalue weighted by Gasteiger charge is -2.44. The zero-order valence-electron chi connectivity index (χ0n) is 26.4. The molecule has 1 heterocycles. The number of hydrogen-bond acceptors (Lipinski definition) is 6. The predicted molar refractivity (Wildman–Crippen MR) is 170 cm³/mol. The van der Waals surface area contributed by atoms with Crippen LogP contribution in [0.3, 0.4) is 0 Å². The Morgan fingerprint density at radius 1 is 1.02 bits per heavy atom. The summed E-state index contributed by atoms with van der Waals surface area (Å²) in [6.45, 7) is 20.1. The van der Waals surface area contributed by atoms with E-state index in [2.05, 4.69) is 62.5 Å². The summed E-state index contributed by atoms with van der Waals surface area (Å²) in [6, 6.07) is 14.9. The monoisotopic (exact) mass is 621 g/mol. The second-order valence-electron chi connectivity index (χ2n) is 13.3. The van der Waals surface area contributed by atoms with Crippen molar-refractivity contribution in [3.05, 3.63) is 58.6 Å². The zero-order chi connectivity index (χ0) is 31.1. The molecule has 228 valence electrons. The van der Waals surface area contributed by atoms with Crippen LogP contribution in [0.4, 0.5) is 4.79 Å². The SMILES string of the molecule is CC(C)(C)OC(=O)NC1(CCCc2ccc(Sc3cccc(C(C)(C)C)c3)cc2Cl)COC(C)(C)OC1.C[Si](C)=O. The maximum atomic E-state index is 12.6. The second kappa shape index (κ2) is 14.6. The highest BCUT2D eigenvalue weighted by Gasteiger charge is 2.41. The normalized spacial score (nSPS) is 16.3. The third kappa shape index (κ3) is 13.0. The van der Waals surface area contributed by atoms with Crippen molar-refractivity contribution in [2.45, 2.75) is 120 Å². The summed E-state index contributed by atoms with van der Waals surface area (Å²) in [7, 11) is -1.13. The van der Waals surface area contributed by atoms with Crippen molar-refractivity contribution in [1.82, 2.24) is 5.32 Å². The van der Waals surface area contributed by atoms with Gasteiger partial charge in [0.15, 0.2) is 5.79 Å². The Hall–Kier alpha value is -1.71. The highest BCUT2D eigenvalue weighted by Crippen LogP contribution is 2.34. The molecular weight excluding hydrogens is 574 g/mol. The Labute approximate surface area is 257 Å². The average molecular weight is 622 g/mol. The number of nitrogens with one attached hydrogen (secondary N) is 1. The number of aryl methyl sites for hydroxylation is 1. The van der Waals surface area contributed by atoms with Crippen molar-refractivity contribution in [1.29, 1.82) is 0 Å². The Kier molecular flexibility index (Phi) is 12.7. The molecular formula is C32H48ClNO5SSi. The first-order valence-corrected chi connectivity index (χ1v) is 17.7. The molecule has 0 aliphatic carbocycles. The number of carbonyl (C=O) groups excluding carboxylic acids is 1. The van der Waals surface area contributed by atoms with Crippen LogP contribution >= 0.6 is 23.4 Å². The van der Waals surface area contributed by atoms with E-state index in [0.29, 0.717) is 19.6 Å². The van der Waals surface area contributed by atoms with E-state index >= 15 is 0 Å². The first kappa shape index (κ1) is 35.5. The molecule has 0 aromatic heterocycles. The van der Waals surface area contributed by atoms with E-state index in [9.17, 15) is 9.26 Å². The predicted octanol–water partition coefficient (Wildman–Crippen LogP) is 8.83. The van der Waals surface area contributed by atoms with E-state index in [1.54, 1.807) is 24.9 Å². The van der Waals surface area contributed by atoms with Gasteiger partial charge in [0.2, 0.25) is 0 Å². The Morgan fingerprint density at radius 2 is 1.61 bits per heavy atom. The number of rotatable bonds is 7. The first-order chi connectivity index (χ1) is 18.8. The molecule has 1 N–H and O–H groups in total. The number of carbonyl (C=O) groups is 1. The van der Waals surface area contributed by atoms with Gasteiger partial charge < -0.3 is 24.0 Å². The Balaban J connectivity index is 0.00000138. The molecule has 0 atom stereocenters. The lowest BCUT2D eigenvalue weighted by Crippen LogP contribution is -2.61. The summed E-state index contributed by atoms with van der Waals surface area (Å²) in [5.74, 6) is -0.678. The van der Waals surface area contributed by atoms with Crippen molar-refractivity contribution >= 4 is 38.1 Å². The third-order valence-corrected chi connectivity index (χ3v) is 7.55. The van der Waals surface area contributed by atoms with E-state index in [0.717, 1.165) is 28.3 Å². The van der Waals surface area contributed by atoms with Gasteiger partial charge in [0.25, 0.3) is 8.68 Å². The van der Waals surface area contributed by atoms with Crippen molar-refractivity contribution < 1.29 is 23.5 Å². The topological polar surface area (TPSA) is 73.9 Å². The molecule has 0 bridgehead atoms. The molecule has 1 aliphatic rings. The van der Waals surface area contributed by atoms with Crippen LogP contribution in [0.1, 0.15) is 79.4 Å². The molecule has 2 aromatic carbocycles. The van der Waals surface area contributed by atoms with Crippen LogP contribution in [-0.2, 0) is 30.5 Å². The number of ether oxygens (including phenoxy) is 3. The van der Waals surface area contributed by atoms with Crippen molar-refractivity contribution in [2.24, 2.45) is 0 Å². The number of amides is 1.